The molecule has 0 aliphatic rings. The van der Waals surface area contributed by atoms with Crippen LogP contribution in [0.2, 0.25) is 0 Å². The first kappa shape index (κ1) is 17.7. The van der Waals surface area contributed by atoms with Crippen LogP contribution in [-0.2, 0) is 5.41 Å². The van der Waals surface area contributed by atoms with E-state index in [1.165, 1.54) is 0 Å². The summed E-state index contributed by atoms with van der Waals surface area (Å²) in [6.07, 6.45) is 0. The fraction of sp³-hybridized carbons (Fsp3) is 0.400. The summed E-state index contributed by atoms with van der Waals surface area (Å²) in [6.45, 7) is 10.8. The second kappa shape index (κ2) is 6.64. The van der Waals surface area contributed by atoms with Crippen molar-refractivity contribution in [3.63, 3.8) is 0 Å². The summed E-state index contributed by atoms with van der Waals surface area (Å²) >= 11 is 1.61. The van der Waals surface area contributed by atoms with Crippen LogP contribution in [0.3, 0.4) is 0 Å². The first-order valence-electron chi connectivity index (χ1n) is 8.49. The van der Waals surface area contributed by atoms with Gasteiger partial charge in [0.25, 0.3) is 0 Å². The van der Waals surface area contributed by atoms with E-state index in [1.807, 2.05) is 6.07 Å². The Bertz CT molecular complexity index is 894. The number of anilines is 1. The van der Waals surface area contributed by atoms with Crippen LogP contribution in [0.25, 0.3) is 22.2 Å². The van der Waals surface area contributed by atoms with Gasteiger partial charge in [0.05, 0.1) is 18.5 Å². The molecular weight excluding hydrogens is 330 g/mol. The fourth-order valence-corrected chi connectivity index (χ4v) is 3.62. The van der Waals surface area contributed by atoms with Crippen LogP contribution in [0.15, 0.2) is 29.6 Å². The number of fused-ring (bicyclic) bond motifs is 1. The lowest BCUT2D eigenvalue weighted by Gasteiger charge is -2.21. The lowest BCUT2D eigenvalue weighted by Crippen LogP contribution is -2.14. The molecule has 0 spiro atoms. The molecule has 5 heteroatoms. The second-order valence-electron chi connectivity index (χ2n) is 7.53. The van der Waals surface area contributed by atoms with Crippen molar-refractivity contribution in [3.8, 4) is 17.1 Å². The van der Waals surface area contributed by atoms with Gasteiger partial charge >= 0.3 is 0 Å². The van der Waals surface area contributed by atoms with Crippen molar-refractivity contribution in [2.24, 2.45) is 0 Å². The largest absolute Gasteiger partial charge is 0.497 e. The van der Waals surface area contributed by atoms with Crippen molar-refractivity contribution >= 4 is 27.2 Å². The summed E-state index contributed by atoms with van der Waals surface area (Å²) in [4.78, 5) is 9.67. The monoisotopic (exact) mass is 355 g/mol. The van der Waals surface area contributed by atoms with E-state index in [1.54, 1.807) is 18.4 Å². The molecule has 0 aliphatic heterocycles. The number of thiazole rings is 1. The van der Waals surface area contributed by atoms with E-state index < -0.39 is 0 Å². The lowest BCUT2D eigenvalue weighted by molar-refractivity contribution is 0.415. The van der Waals surface area contributed by atoms with E-state index in [4.69, 9.17) is 14.7 Å². The first-order chi connectivity index (χ1) is 11.8. The van der Waals surface area contributed by atoms with Gasteiger partial charge in [0, 0.05) is 22.2 Å². The Morgan fingerprint density at radius 3 is 2.48 bits per heavy atom. The molecule has 0 fully saturated rings. The van der Waals surface area contributed by atoms with Crippen LogP contribution in [0, 0.1) is 0 Å². The van der Waals surface area contributed by atoms with Crippen molar-refractivity contribution in [1.82, 2.24) is 9.97 Å². The Morgan fingerprint density at radius 1 is 1.08 bits per heavy atom. The molecule has 1 aromatic carbocycles. The second-order valence-corrected chi connectivity index (χ2v) is 8.39. The van der Waals surface area contributed by atoms with Gasteiger partial charge in [-0.15, -0.1) is 11.3 Å². The minimum atomic E-state index is -0.0577. The van der Waals surface area contributed by atoms with E-state index in [9.17, 15) is 0 Å². The van der Waals surface area contributed by atoms with Crippen LogP contribution in [0.1, 0.15) is 40.3 Å². The molecule has 0 radical (unpaired) electrons. The number of hydrogen-bond acceptors (Lipinski definition) is 5. The molecule has 0 atom stereocenters. The standard InChI is InChI=1S/C20H25N3OS/c1-12(2)21-19-23-17(11-25-19)16-10-13-9-14(24-6)7-8-15(13)18(22-16)20(3,4)5/h7-12H,1-6H3,(H,21,23). The molecule has 3 aromatic rings. The molecule has 3 rings (SSSR count). The average Bonchev–Trinajstić information content (AvgIpc) is 3.00. The number of methoxy groups -OCH3 is 1. The van der Waals surface area contributed by atoms with Crippen LogP contribution in [-0.4, -0.2) is 23.1 Å². The number of hydrogen-bond donors (Lipinski definition) is 1. The zero-order valence-electron chi connectivity index (χ0n) is 15.7. The van der Waals surface area contributed by atoms with Gasteiger partial charge in [0.15, 0.2) is 5.13 Å². The molecule has 132 valence electrons. The first-order valence-corrected chi connectivity index (χ1v) is 9.37. The lowest BCUT2D eigenvalue weighted by atomic mass is 9.88. The maximum absolute atomic E-state index is 5.40. The van der Waals surface area contributed by atoms with Crippen molar-refractivity contribution in [2.45, 2.75) is 46.1 Å². The Labute approximate surface area is 153 Å². The molecule has 0 saturated heterocycles. The number of nitrogens with zero attached hydrogens (tertiary/aromatic N) is 2. The predicted molar refractivity (Wildman–Crippen MR) is 107 cm³/mol. The van der Waals surface area contributed by atoms with Gasteiger partial charge in [-0.2, -0.15) is 0 Å². The molecule has 0 saturated carbocycles. The van der Waals surface area contributed by atoms with E-state index in [0.29, 0.717) is 6.04 Å². The van der Waals surface area contributed by atoms with Gasteiger partial charge in [-0.05, 0) is 43.5 Å². The summed E-state index contributed by atoms with van der Waals surface area (Å²) < 4.78 is 5.40. The van der Waals surface area contributed by atoms with Gasteiger partial charge in [-0.1, -0.05) is 20.8 Å². The normalized spacial score (nSPS) is 12.0. The van der Waals surface area contributed by atoms with Crippen molar-refractivity contribution in [3.05, 3.63) is 35.3 Å². The van der Waals surface area contributed by atoms with E-state index in [-0.39, 0.29) is 5.41 Å². The molecule has 2 aromatic heterocycles. The van der Waals surface area contributed by atoms with Gasteiger partial charge in [-0.25, -0.2) is 9.97 Å². The molecule has 4 nitrogen and oxygen atoms in total. The highest BCUT2D eigenvalue weighted by molar-refractivity contribution is 7.14. The zero-order chi connectivity index (χ0) is 18.2. The van der Waals surface area contributed by atoms with Crippen LogP contribution < -0.4 is 10.1 Å². The highest BCUT2D eigenvalue weighted by Crippen LogP contribution is 2.34. The number of benzene rings is 1. The third-order valence-electron chi connectivity index (χ3n) is 3.93. The van der Waals surface area contributed by atoms with E-state index in [2.05, 4.69) is 63.5 Å². The number of aromatic nitrogens is 2. The maximum Gasteiger partial charge on any atom is 0.183 e. The summed E-state index contributed by atoms with van der Waals surface area (Å²) in [5.74, 6) is 0.852. The van der Waals surface area contributed by atoms with Crippen LogP contribution in [0.5, 0.6) is 5.75 Å². The number of pyridine rings is 1. The molecular formula is C20H25N3OS. The predicted octanol–water partition coefficient (Wildman–Crippen LogP) is 5.48. The highest BCUT2D eigenvalue weighted by Gasteiger charge is 2.21. The molecule has 0 bridgehead atoms. The minimum Gasteiger partial charge on any atom is -0.497 e. The molecule has 0 unspecified atom stereocenters. The van der Waals surface area contributed by atoms with Gasteiger partial charge in [0.2, 0.25) is 0 Å². The minimum absolute atomic E-state index is 0.0577. The topological polar surface area (TPSA) is 47.0 Å². The number of rotatable bonds is 4. The van der Waals surface area contributed by atoms with Crippen LogP contribution >= 0.6 is 11.3 Å². The molecule has 2 heterocycles. The molecule has 25 heavy (non-hydrogen) atoms. The van der Waals surface area contributed by atoms with Crippen molar-refractivity contribution in [2.75, 3.05) is 12.4 Å². The summed E-state index contributed by atoms with van der Waals surface area (Å²) in [5.41, 5.74) is 2.83. The average molecular weight is 356 g/mol. The van der Waals surface area contributed by atoms with Gasteiger partial charge in [-0.3, -0.25) is 0 Å². The van der Waals surface area contributed by atoms with Crippen LogP contribution in [0.4, 0.5) is 5.13 Å². The fourth-order valence-electron chi connectivity index (χ4n) is 2.77. The maximum atomic E-state index is 5.40. The molecule has 1 N–H and O–H groups in total. The Balaban J connectivity index is 2.16. The van der Waals surface area contributed by atoms with Crippen molar-refractivity contribution in [1.29, 1.82) is 0 Å². The highest BCUT2D eigenvalue weighted by atomic mass is 32.1. The molecule has 0 amide bonds. The zero-order valence-corrected chi connectivity index (χ0v) is 16.5. The SMILES string of the molecule is COc1ccc2c(C(C)(C)C)nc(-c3csc(NC(C)C)n3)cc2c1. The number of ether oxygens (including phenoxy) is 1. The van der Waals surface area contributed by atoms with Crippen molar-refractivity contribution < 1.29 is 4.74 Å². The van der Waals surface area contributed by atoms with E-state index in [0.717, 1.165) is 38.7 Å². The Kier molecular flexibility index (Phi) is 4.69. The summed E-state index contributed by atoms with van der Waals surface area (Å²) in [7, 11) is 1.69. The quantitative estimate of drug-likeness (QED) is 0.673. The molecule has 0 aliphatic carbocycles. The number of nitrogens with one attached hydrogen (secondary N) is 1. The third-order valence-corrected chi connectivity index (χ3v) is 4.70. The summed E-state index contributed by atoms with van der Waals surface area (Å²) in [6, 6.07) is 8.61. The van der Waals surface area contributed by atoms with E-state index >= 15 is 0 Å². The summed E-state index contributed by atoms with van der Waals surface area (Å²) in [5, 5.41) is 8.63. The third kappa shape index (κ3) is 3.76. The smallest absolute Gasteiger partial charge is 0.183 e. The van der Waals surface area contributed by atoms with Gasteiger partial charge in [0.1, 0.15) is 11.4 Å². The van der Waals surface area contributed by atoms with Gasteiger partial charge < -0.3 is 10.1 Å². The Morgan fingerprint density at radius 2 is 1.84 bits per heavy atom. The Hall–Kier alpha value is -2.14.